The van der Waals surface area contributed by atoms with Gasteiger partial charge in [0, 0.05) is 32.4 Å². The summed E-state index contributed by atoms with van der Waals surface area (Å²) in [5.41, 5.74) is 7.07. The molecule has 0 amide bonds. The van der Waals surface area contributed by atoms with Gasteiger partial charge in [-0.25, -0.2) is 0 Å². The first-order valence-electron chi connectivity index (χ1n) is 10.4. The van der Waals surface area contributed by atoms with E-state index in [1.54, 1.807) is 28.4 Å². The molecule has 0 fully saturated rings. The first kappa shape index (κ1) is 21.7. The summed E-state index contributed by atoms with van der Waals surface area (Å²) < 4.78 is 33.7. The van der Waals surface area contributed by atoms with Crippen LogP contribution in [0.25, 0.3) is 11.1 Å². The Morgan fingerprint density at radius 1 is 0.935 bits per heavy atom. The Morgan fingerprint density at radius 2 is 1.68 bits per heavy atom. The monoisotopic (exact) mass is 429 g/mol. The highest BCUT2D eigenvalue weighted by Gasteiger charge is 2.38. The minimum atomic E-state index is 0.164. The van der Waals surface area contributed by atoms with Crippen molar-refractivity contribution in [2.24, 2.45) is 0 Å². The minimum Gasteiger partial charge on any atom is -0.493 e. The van der Waals surface area contributed by atoms with Crippen LogP contribution in [0.2, 0.25) is 0 Å². The lowest BCUT2D eigenvalue weighted by molar-refractivity contribution is 0.0485. The Morgan fingerprint density at radius 3 is 2.35 bits per heavy atom. The van der Waals surface area contributed by atoms with Gasteiger partial charge >= 0.3 is 0 Å². The molecule has 168 valence electrons. The summed E-state index contributed by atoms with van der Waals surface area (Å²) in [5.74, 6) is 2.82. The molecule has 1 aliphatic heterocycles. The van der Waals surface area contributed by atoms with Crippen molar-refractivity contribution < 1.29 is 28.4 Å². The second-order valence-corrected chi connectivity index (χ2v) is 7.97. The SMILES string of the molecule is COCOc1cc2c3c(c1OC)-c1cc(OC)c(OCOC)c(C)c1C[C@@H]3N(C)CC2. The molecule has 1 aliphatic carbocycles. The molecule has 4 rings (SSSR count). The third kappa shape index (κ3) is 3.60. The van der Waals surface area contributed by atoms with Crippen molar-refractivity contribution in [2.75, 3.05) is 55.6 Å². The Kier molecular flexibility index (Phi) is 6.27. The van der Waals surface area contributed by atoms with Crippen LogP contribution < -0.4 is 18.9 Å². The molecule has 1 heterocycles. The number of likely N-dealkylation sites (N-methyl/N-ethyl adjacent to an activating group) is 1. The van der Waals surface area contributed by atoms with Crippen LogP contribution in [0.15, 0.2) is 12.1 Å². The van der Waals surface area contributed by atoms with Crippen LogP contribution in [0.1, 0.15) is 28.3 Å². The minimum absolute atomic E-state index is 0.164. The summed E-state index contributed by atoms with van der Waals surface area (Å²) in [6, 6.07) is 4.43. The Balaban J connectivity index is 2.00. The molecule has 0 radical (unpaired) electrons. The van der Waals surface area contributed by atoms with Gasteiger partial charge in [0.25, 0.3) is 0 Å². The van der Waals surface area contributed by atoms with Gasteiger partial charge < -0.3 is 28.4 Å². The molecule has 0 N–H and O–H groups in total. The van der Waals surface area contributed by atoms with Gasteiger partial charge in [-0.05, 0) is 66.8 Å². The number of hydrogen-bond acceptors (Lipinski definition) is 7. The van der Waals surface area contributed by atoms with Gasteiger partial charge in [0.1, 0.15) is 0 Å². The van der Waals surface area contributed by atoms with Gasteiger partial charge in [-0.15, -0.1) is 0 Å². The number of hydrogen-bond donors (Lipinski definition) is 0. The predicted octanol–water partition coefficient (Wildman–Crippen LogP) is 3.73. The summed E-state index contributed by atoms with van der Waals surface area (Å²) in [7, 11) is 8.76. The lowest BCUT2D eigenvalue weighted by Gasteiger charge is -2.41. The first-order chi connectivity index (χ1) is 15.0. The van der Waals surface area contributed by atoms with E-state index in [0.717, 1.165) is 47.6 Å². The maximum absolute atomic E-state index is 5.92. The molecule has 7 heteroatoms. The van der Waals surface area contributed by atoms with Gasteiger partial charge in [-0.2, -0.15) is 0 Å². The topological polar surface area (TPSA) is 58.6 Å². The van der Waals surface area contributed by atoms with E-state index < -0.39 is 0 Å². The highest BCUT2D eigenvalue weighted by molar-refractivity contribution is 5.86. The van der Waals surface area contributed by atoms with Gasteiger partial charge in [0.05, 0.1) is 14.2 Å². The van der Waals surface area contributed by atoms with E-state index in [9.17, 15) is 0 Å². The van der Waals surface area contributed by atoms with Crippen LogP contribution in [0.4, 0.5) is 0 Å². The molecule has 31 heavy (non-hydrogen) atoms. The van der Waals surface area contributed by atoms with Crippen molar-refractivity contribution in [2.45, 2.75) is 25.8 Å². The molecule has 7 nitrogen and oxygen atoms in total. The van der Waals surface area contributed by atoms with Gasteiger partial charge in [-0.3, -0.25) is 4.90 Å². The van der Waals surface area contributed by atoms with E-state index in [0.29, 0.717) is 11.5 Å². The normalized spacial score (nSPS) is 17.0. The van der Waals surface area contributed by atoms with Crippen molar-refractivity contribution in [1.29, 1.82) is 0 Å². The third-order valence-corrected chi connectivity index (χ3v) is 6.33. The maximum atomic E-state index is 5.92. The van der Waals surface area contributed by atoms with Crippen LogP contribution in [0, 0.1) is 6.92 Å². The van der Waals surface area contributed by atoms with Gasteiger partial charge in [-0.1, -0.05) is 0 Å². The zero-order chi connectivity index (χ0) is 22.1. The lowest BCUT2D eigenvalue weighted by Crippen LogP contribution is -2.36. The molecule has 1 atom stereocenters. The molecule has 2 aromatic rings. The number of rotatable bonds is 8. The second-order valence-electron chi connectivity index (χ2n) is 7.97. The van der Waals surface area contributed by atoms with Gasteiger partial charge in [0.2, 0.25) is 0 Å². The van der Waals surface area contributed by atoms with E-state index in [4.69, 9.17) is 28.4 Å². The number of benzene rings is 2. The molecule has 0 unspecified atom stereocenters. The Labute approximate surface area is 183 Å². The second kappa shape index (κ2) is 8.94. The van der Waals surface area contributed by atoms with E-state index in [1.165, 1.54) is 16.7 Å². The van der Waals surface area contributed by atoms with Crippen molar-refractivity contribution in [3.63, 3.8) is 0 Å². The largest absolute Gasteiger partial charge is 0.493 e. The molecule has 0 aromatic heterocycles. The van der Waals surface area contributed by atoms with Crippen molar-refractivity contribution in [1.82, 2.24) is 4.90 Å². The molecule has 0 bridgehead atoms. The Bertz CT molecular complexity index is 974. The van der Waals surface area contributed by atoms with E-state index in [1.807, 2.05) is 0 Å². The fourth-order valence-electron chi connectivity index (χ4n) is 4.86. The summed E-state index contributed by atoms with van der Waals surface area (Å²) in [4.78, 5) is 2.42. The van der Waals surface area contributed by atoms with Crippen molar-refractivity contribution in [3.05, 3.63) is 34.4 Å². The molecule has 0 spiro atoms. The number of methoxy groups -OCH3 is 4. The molecule has 2 aliphatic rings. The molecular weight excluding hydrogens is 398 g/mol. The highest BCUT2D eigenvalue weighted by atomic mass is 16.7. The standard InChI is InChI=1S/C24H31NO6/c1-14-16-10-18-21-15(7-8-25(18)2)9-20(30-12-26-3)24(29-6)22(21)17(16)11-19(28-5)23(14)31-13-27-4/h9,11,18H,7-8,10,12-13H2,1-6H3/t18-/m0/s1. The summed E-state index contributed by atoms with van der Waals surface area (Å²) in [6.07, 6.45) is 1.86. The van der Waals surface area contributed by atoms with Crippen LogP contribution >= 0.6 is 0 Å². The van der Waals surface area contributed by atoms with E-state index in [-0.39, 0.29) is 19.6 Å². The Hall–Kier alpha value is -2.48. The zero-order valence-corrected chi connectivity index (χ0v) is 19.2. The summed E-state index contributed by atoms with van der Waals surface area (Å²) >= 11 is 0. The van der Waals surface area contributed by atoms with Crippen molar-refractivity contribution >= 4 is 0 Å². The predicted molar refractivity (Wildman–Crippen MR) is 118 cm³/mol. The smallest absolute Gasteiger partial charge is 0.188 e. The number of ether oxygens (including phenoxy) is 6. The third-order valence-electron chi connectivity index (χ3n) is 6.33. The average molecular weight is 430 g/mol. The summed E-state index contributed by atoms with van der Waals surface area (Å²) in [6.45, 7) is 3.40. The molecule has 2 aromatic carbocycles. The van der Waals surface area contributed by atoms with Crippen molar-refractivity contribution in [3.8, 4) is 34.1 Å². The lowest BCUT2D eigenvalue weighted by atomic mass is 9.75. The van der Waals surface area contributed by atoms with Crippen LogP contribution in [-0.2, 0) is 22.3 Å². The number of fused-ring (bicyclic) bond motifs is 2. The fraction of sp³-hybridized carbons (Fsp3) is 0.500. The molecular formula is C24H31NO6. The molecule has 0 saturated carbocycles. The van der Waals surface area contributed by atoms with Crippen LogP contribution in [0.3, 0.4) is 0 Å². The van der Waals surface area contributed by atoms with E-state index in [2.05, 4.69) is 31.0 Å². The fourth-order valence-corrected chi connectivity index (χ4v) is 4.86. The maximum Gasteiger partial charge on any atom is 0.188 e. The van der Waals surface area contributed by atoms with Gasteiger partial charge in [0.15, 0.2) is 36.6 Å². The molecule has 0 saturated heterocycles. The van der Waals surface area contributed by atoms with Crippen LogP contribution in [0.5, 0.6) is 23.0 Å². The number of nitrogens with zero attached hydrogens (tertiary/aromatic N) is 1. The quantitative estimate of drug-likeness (QED) is 0.593. The van der Waals surface area contributed by atoms with Crippen LogP contribution in [-0.4, -0.2) is 60.5 Å². The van der Waals surface area contributed by atoms with E-state index >= 15 is 0 Å². The summed E-state index contributed by atoms with van der Waals surface area (Å²) in [5, 5.41) is 0. The zero-order valence-electron chi connectivity index (χ0n) is 19.2. The highest BCUT2D eigenvalue weighted by Crippen LogP contribution is 2.55. The average Bonchev–Trinajstić information content (AvgIpc) is 2.78. The first-order valence-corrected chi connectivity index (χ1v) is 10.4.